The van der Waals surface area contributed by atoms with Gasteiger partial charge >= 0.3 is 0 Å². The van der Waals surface area contributed by atoms with Crippen LogP contribution >= 0.6 is 0 Å². The van der Waals surface area contributed by atoms with Gasteiger partial charge in [-0.25, -0.2) is 0 Å². The van der Waals surface area contributed by atoms with Crippen LogP contribution in [0.4, 0.5) is 5.69 Å². The Bertz CT molecular complexity index is 552. The lowest BCUT2D eigenvalue weighted by Crippen LogP contribution is -2.52. The normalized spacial score (nSPS) is 21.5. The number of rotatable bonds is 4. The molecule has 22 heavy (non-hydrogen) atoms. The number of benzene rings is 1. The fraction of sp³-hybridized carbons (Fsp3) is 0.529. The first-order chi connectivity index (χ1) is 10.6. The quantitative estimate of drug-likeness (QED) is 0.883. The van der Waals surface area contributed by atoms with Crippen LogP contribution < -0.4 is 10.6 Å². The smallest absolute Gasteiger partial charge is 0.227 e. The average molecular weight is 301 g/mol. The van der Waals surface area contributed by atoms with Gasteiger partial charge in [0.05, 0.1) is 6.42 Å². The molecule has 0 bridgehead atoms. The Morgan fingerprint density at radius 2 is 2.00 bits per heavy atom. The lowest BCUT2D eigenvalue weighted by Gasteiger charge is -2.34. The molecule has 5 heteroatoms. The summed E-state index contributed by atoms with van der Waals surface area (Å²) in [4.78, 5) is 26.0. The summed E-state index contributed by atoms with van der Waals surface area (Å²) in [6.07, 6.45) is 2.42. The second kappa shape index (κ2) is 6.48. The molecule has 1 aliphatic heterocycles. The van der Waals surface area contributed by atoms with Gasteiger partial charge in [-0.2, -0.15) is 0 Å². The molecular formula is C17H23N3O2. The van der Waals surface area contributed by atoms with Gasteiger partial charge in [-0.3, -0.25) is 9.59 Å². The topological polar surface area (TPSA) is 61.4 Å². The Hall–Kier alpha value is -1.88. The lowest BCUT2D eigenvalue weighted by atomic mass is 10.1. The molecule has 2 amide bonds. The molecule has 118 valence electrons. The highest BCUT2D eigenvalue weighted by Crippen LogP contribution is 2.30. The summed E-state index contributed by atoms with van der Waals surface area (Å²) in [5.74, 6) is 0.484. The molecule has 1 heterocycles. The van der Waals surface area contributed by atoms with Gasteiger partial charge in [-0.1, -0.05) is 12.1 Å². The molecule has 0 spiro atoms. The number of carbonyl (C=O) groups excluding carboxylic acids is 2. The number of nitrogens with zero attached hydrogens (tertiary/aromatic N) is 1. The van der Waals surface area contributed by atoms with Gasteiger partial charge in [0.25, 0.3) is 0 Å². The van der Waals surface area contributed by atoms with Gasteiger partial charge in [0.15, 0.2) is 0 Å². The van der Waals surface area contributed by atoms with Gasteiger partial charge in [0.2, 0.25) is 11.8 Å². The van der Waals surface area contributed by atoms with E-state index in [0.29, 0.717) is 6.42 Å². The molecule has 2 aliphatic rings. The van der Waals surface area contributed by atoms with Crippen LogP contribution in [-0.4, -0.2) is 42.4 Å². The molecule has 2 N–H and O–H groups in total. The van der Waals surface area contributed by atoms with Crippen molar-refractivity contribution in [2.75, 3.05) is 25.0 Å². The highest BCUT2D eigenvalue weighted by atomic mass is 16.2. The fourth-order valence-corrected chi connectivity index (χ4v) is 2.78. The van der Waals surface area contributed by atoms with Crippen molar-refractivity contribution in [3.8, 4) is 0 Å². The van der Waals surface area contributed by atoms with E-state index in [4.69, 9.17) is 0 Å². The second-order valence-electron chi connectivity index (χ2n) is 6.28. The Balaban J connectivity index is 1.55. The molecule has 1 aliphatic carbocycles. The second-order valence-corrected chi connectivity index (χ2v) is 6.28. The van der Waals surface area contributed by atoms with Crippen molar-refractivity contribution in [1.82, 2.24) is 10.2 Å². The molecule has 1 atom stereocenters. The number of anilines is 1. The first kappa shape index (κ1) is 15.0. The van der Waals surface area contributed by atoms with E-state index in [0.717, 1.165) is 43.7 Å². The summed E-state index contributed by atoms with van der Waals surface area (Å²) >= 11 is 0. The maximum atomic E-state index is 12.4. The van der Waals surface area contributed by atoms with Crippen molar-refractivity contribution in [3.05, 3.63) is 29.8 Å². The Labute approximate surface area is 131 Å². The monoisotopic (exact) mass is 301 g/mol. The molecule has 0 radical (unpaired) electrons. The number of amides is 2. The van der Waals surface area contributed by atoms with Crippen LogP contribution in [0.5, 0.6) is 0 Å². The van der Waals surface area contributed by atoms with Gasteiger partial charge in [0, 0.05) is 37.3 Å². The van der Waals surface area contributed by atoms with Crippen LogP contribution in [0, 0.1) is 5.92 Å². The lowest BCUT2D eigenvalue weighted by molar-refractivity contribution is -0.133. The maximum absolute atomic E-state index is 12.4. The van der Waals surface area contributed by atoms with E-state index < -0.39 is 0 Å². The van der Waals surface area contributed by atoms with Gasteiger partial charge in [0.1, 0.15) is 0 Å². The zero-order chi connectivity index (χ0) is 15.5. The van der Waals surface area contributed by atoms with Crippen LogP contribution in [0.3, 0.4) is 0 Å². The zero-order valence-electron chi connectivity index (χ0n) is 13.0. The third-order valence-electron chi connectivity index (χ3n) is 4.35. The standard InChI is InChI=1S/C17H23N3O2/c1-12-11-18-8-9-20(12)16(21)10-13-2-6-15(7-3-13)19-17(22)14-4-5-14/h2-3,6-7,12,14,18H,4-5,8-11H2,1H3,(H,19,22)/t12-/m1/s1. The molecular weight excluding hydrogens is 278 g/mol. The first-order valence-electron chi connectivity index (χ1n) is 8.03. The van der Waals surface area contributed by atoms with E-state index in [2.05, 4.69) is 17.6 Å². The fourth-order valence-electron chi connectivity index (χ4n) is 2.78. The number of hydrogen-bond acceptors (Lipinski definition) is 3. The summed E-state index contributed by atoms with van der Waals surface area (Å²) in [6, 6.07) is 7.85. The van der Waals surface area contributed by atoms with E-state index in [1.165, 1.54) is 0 Å². The molecule has 1 aromatic rings. The van der Waals surface area contributed by atoms with Gasteiger partial charge in [-0.05, 0) is 37.5 Å². The summed E-state index contributed by atoms with van der Waals surface area (Å²) in [6.45, 7) is 4.57. The Kier molecular flexibility index (Phi) is 4.43. The Morgan fingerprint density at radius 3 is 2.64 bits per heavy atom. The first-order valence-corrected chi connectivity index (χ1v) is 8.03. The van der Waals surface area contributed by atoms with Crippen molar-refractivity contribution in [3.63, 3.8) is 0 Å². The molecule has 1 aromatic carbocycles. The highest BCUT2D eigenvalue weighted by Gasteiger charge is 2.29. The minimum absolute atomic E-state index is 0.110. The van der Waals surface area contributed by atoms with Crippen molar-refractivity contribution in [2.45, 2.75) is 32.2 Å². The van der Waals surface area contributed by atoms with Crippen LogP contribution in [0.25, 0.3) is 0 Å². The highest BCUT2D eigenvalue weighted by molar-refractivity contribution is 5.94. The third-order valence-corrected chi connectivity index (χ3v) is 4.35. The van der Waals surface area contributed by atoms with Crippen molar-refractivity contribution in [2.24, 2.45) is 5.92 Å². The molecule has 2 fully saturated rings. The van der Waals surface area contributed by atoms with Crippen LogP contribution in [0.2, 0.25) is 0 Å². The van der Waals surface area contributed by atoms with Crippen LogP contribution in [-0.2, 0) is 16.0 Å². The van der Waals surface area contributed by atoms with E-state index in [-0.39, 0.29) is 23.8 Å². The summed E-state index contributed by atoms with van der Waals surface area (Å²) < 4.78 is 0. The molecule has 5 nitrogen and oxygen atoms in total. The SMILES string of the molecule is C[C@@H]1CNCCN1C(=O)Cc1ccc(NC(=O)C2CC2)cc1. The predicted octanol–water partition coefficient (Wildman–Crippen LogP) is 1.40. The number of nitrogens with one attached hydrogen (secondary N) is 2. The minimum Gasteiger partial charge on any atom is -0.337 e. The maximum Gasteiger partial charge on any atom is 0.227 e. The molecule has 0 unspecified atom stereocenters. The van der Waals surface area contributed by atoms with Crippen LogP contribution in [0.15, 0.2) is 24.3 Å². The van der Waals surface area contributed by atoms with Crippen LogP contribution in [0.1, 0.15) is 25.3 Å². The average Bonchev–Trinajstić information content (AvgIpc) is 3.34. The minimum atomic E-state index is 0.110. The van der Waals surface area contributed by atoms with E-state index in [1.807, 2.05) is 29.2 Å². The number of carbonyl (C=O) groups is 2. The zero-order valence-corrected chi connectivity index (χ0v) is 13.0. The molecule has 0 aromatic heterocycles. The van der Waals surface area contributed by atoms with Crippen molar-refractivity contribution in [1.29, 1.82) is 0 Å². The van der Waals surface area contributed by atoms with Gasteiger partial charge < -0.3 is 15.5 Å². The third kappa shape index (κ3) is 3.65. The number of hydrogen-bond donors (Lipinski definition) is 2. The Morgan fingerprint density at radius 1 is 1.27 bits per heavy atom. The van der Waals surface area contributed by atoms with Crippen molar-refractivity contribution >= 4 is 17.5 Å². The predicted molar refractivity (Wildman–Crippen MR) is 85.5 cm³/mol. The molecule has 3 rings (SSSR count). The summed E-state index contributed by atoms with van der Waals surface area (Å²) in [5.41, 5.74) is 1.80. The molecule has 1 saturated carbocycles. The van der Waals surface area contributed by atoms with Gasteiger partial charge in [-0.15, -0.1) is 0 Å². The van der Waals surface area contributed by atoms with E-state index >= 15 is 0 Å². The summed E-state index contributed by atoms with van der Waals surface area (Å²) in [7, 11) is 0. The van der Waals surface area contributed by atoms with E-state index in [9.17, 15) is 9.59 Å². The summed E-state index contributed by atoms with van der Waals surface area (Å²) in [5, 5.41) is 6.20. The van der Waals surface area contributed by atoms with Crippen molar-refractivity contribution < 1.29 is 9.59 Å². The molecule has 1 saturated heterocycles. The largest absolute Gasteiger partial charge is 0.337 e. The van der Waals surface area contributed by atoms with E-state index in [1.54, 1.807) is 0 Å². The number of piperazine rings is 1.